The maximum Gasteiger partial charge on any atom is 0.268 e. The van der Waals surface area contributed by atoms with Gasteiger partial charge in [-0.25, -0.2) is 4.98 Å². The highest BCUT2D eigenvalue weighted by molar-refractivity contribution is 7.17. The molecular formula is C16H15N3O4S. The second kappa shape index (κ2) is 6.32. The smallest absolute Gasteiger partial charge is 0.268 e. The van der Waals surface area contributed by atoms with Crippen molar-refractivity contribution in [2.24, 2.45) is 0 Å². The first-order valence-electron chi connectivity index (χ1n) is 7.08. The van der Waals surface area contributed by atoms with E-state index in [2.05, 4.69) is 9.97 Å². The number of hydrogen-bond acceptors (Lipinski definition) is 6. The average molecular weight is 345 g/mol. The van der Waals surface area contributed by atoms with Crippen molar-refractivity contribution in [3.63, 3.8) is 0 Å². The monoisotopic (exact) mass is 345 g/mol. The fourth-order valence-electron chi connectivity index (χ4n) is 2.31. The van der Waals surface area contributed by atoms with E-state index < -0.39 is 5.91 Å². The van der Waals surface area contributed by atoms with Gasteiger partial charge in [-0.3, -0.25) is 9.59 Å². The molecule has 0 aliphatic heterocycles. The molecule has 7 nitrogen and oxygen atoms in total. The number of ether oxygens (including phenoxy) is 1. The maximum absolute atomic E-state index is 12.5. The second-order valence-electron chi connectivity index (χ2n) is 5.19. The van der Waals surface area contributed by atoms with E-state index in [1.165, 1.54) is 35.5 Å². The normalized spacial score (nSPS) is 10.8. The number of H-pyrrole nitrogens is 1. The van der Waals surface area contributed by atoms with Gasteiger partial charge in [0.15, 0.2) is 0 Å². The number of aromatic amines is 1. The summed E-state index contributed by atoms with van der Waals surface area (Å²) in [5.74, 6) is 0.307. The minimum Gasteiger partial charge on any atom is -0.507 e. The minimum atomic E-state index is -0.403. The molecule has 24 heavy (non-hydrogen) atoms. The molecule has 2 aromatic heterocycles. The van der Waals surface area contributed by atoms with Crippen LogP contribution in [0.1, 0.15) is 16.2 Å². The van der Waals surface area contributed by atoms with E-state index in [1.54, 1.807) is 24.6 Å². The third kappa shape index (κ3) is 2.95. The number of aromatic hydroxyl groups is 1. The van der Waals surface area contributed by atoms with E-state index in [0.29, 0.717) is 21.8 Å². The molecule has 1 amide bonds. The Morgan fingerprint density at radius 1 is 1.42 bits per heavy atom. The summed E-state index contributed by atoms with van der Waals surface area (Å²) < 4.78 is 5.63. The molecule has 0 bridgehead atoms. The molecule has 0 fully saturated rings. The van der Waals surface area contributed by atoms with Crippen LogP contribution >= 0.6 is 11.3 Å². The quantitative estimate of drug-likeness (QED) is 0.754. The van der Waals surface area contributed by atoms with Crippen LogP contribution in [0.3, 0.4) is 0 Å². The maximum atomic E-state index is 12.5. The highest BCUT2D eigenvalue weighted by atomic mass is 32.1. The Kier molecular flexibility index (Phi) is 4.22. The fraction of sp³-hybridized carbons (Fsp3) is 0.188. The zero-order valence-corrected chi connectivity index (χ0v) is 13.9. The second-order valence-corrected chi connectivity index (χ2v) is 6.11. The lowest BCUT2D eigenvalue weighted by molar-refractivity contribution is 0.0778. The summed E-state index contributed by atoms with van der Waals surface area (Å²) in [4.78, 5) is 32.9. The van der Waals surface area contributed by atoms with Gasteiger partial charge in [0, 0.05) is 7.05 Å². The SMILES string of the molecule is COc1ccc(O)c(C(=O)N(C)Cc2nc3ccsc3c(=O)[nH]2)c1. The van der Waals surface area contributed by atoms with Gasteiger partial charge in [-0.2, -0.15) is 0 Å². The molecule has 8 heteroatoms. The number of amides is 1. The summed E-state index contributed by atoms with van der Waals surface area (Å²) in [5.41, 5.74) is 0.495. The zero-order valence-electron chi connectivity index (χ0n) is 13.1. The molecule has 2 N–H and O–H groups in total. The number of phenolic OH excluding ortho intramolecular Hbond substituents is 1. The standard InChI is InChI=1S/C16H15N3O4S/c1-19(16(22)10-7-9(23-2)3-4-12(10)20)8-13-17-11-5-6-24-14(11)15(21)18-13/h3-7,20H,8H2,1-2H3,(H,17,18,21). The molecule has 2 heterocycles. The topological polar surface area (TPSA) is 95.5 Å². The van der Waals surface area contributed by atoms with Crippen molar-refractivity contribution in [2.75, 3.05) is 14.2 Å². The first kappa shape index (κ1) is 16.0. The number of nitrogens with zero attached hydrogens (tertiary/aromatic N) is 2. The van der Waals surface area contributed by atoms with Gasteiger partial charge in [0.25, 0.3) is 11.5 Å². The predicted octanol–water partition coefficient (Wildman–Crippen LogP) is 1.97. The van der Waals surface area contributed by atoms with Crippen LogP contribution in [0.15, 0.2) is 34.4 Å². The van der Waals surface area contributed by atoms with Crippen LogP contribution in [0.5, 0.6) is 11.5 Å². The largest absolute Gasteiger partial charge is 0.507 e. The van der Waals surface area contributed by atoms with Gasteiger partial charge in [0.2, 0.25) is 0 Å². The number of thiophene rings is 1. The van der Waals surface area contributed by atoms with Gasteiger partial charge in [0.05, 0.1) is 24.7 Å². The molecule has 0 saturated heterocycles. The number of phenols is 1. The Morgan fingerprint density at radius 2 is 2.21 bits per heavy atom. The molecule has 3 rings (SSSR count). The van der Waals surface area contributed by atoms with Gasteiger partial charge in [0.1, 0.15) is 22.0 Å². The lowest BCUT2D eigenvalue weighted by Crippen LogP contribution is -2.28. The molecular weight excluding hydrogens is 330 g/mol. The van der Waals surface area contributed by atoms with E-state index in [1.807, 2.05) is 0 Å². The lowest BCUT2D eigenvalue weighted by atomic mass is 10.1. The molecule has 0 unspecified atom stereocenters. The van der Waals surface area contributed by atoms with E-state index in [4.69, 9.17) is 4.74 Å². The van der Waals surface area contributed by atoms with E-state index >= 15 is 0 Å². The number of hydrogen-bond donors (Lipinski definition) is 2. The van der Waals surface area contributed by atoms with Gasteiger partial charge in [-0.05, 0) is 29.6 Å². The van der Waals surface area contributed by atoms with Crippen molar-refractivity contribution >= 4 is 27.5 Å². The number of carbonyl (C=O) groups excluding carboxylic acids is 1. The highest BCUT2D eigenvalue weighted by Gasteiger charge is 2.18. The molecule has 0 radical (unpaired) electrons. The van der Waals surface area contributed by atoms with Crippen LogP contribution in [0.4, 0.5) is 0 Å². The Hall–Kier alpha value is -2.87. The van der Waals surface area contributed by atoms with E-state index in [9.17, 15) is 14.7 Å². The predicted molar refractivity (Wildman–Crippen MR) is 90.7 cm³/mol. The van der Waals surface area contributed by atoms with Gasteiger partial charge < -0.3 is 19.7 Å². The van der Waals surface area contributed by atoms with Crippen LogP contribution in [0.25, 0.3) is 10.2 Å². The number of methoxy groups -OCH3 is 1. The molecule has 3 aromatic rings. The van der Waals surface area contributed by atoms with Crippen LogP contribution in [0.2, 0.25) is 0 Å². The Balaban J connectivity index is 1.86. The molecule has 124 valence electrons. The number of benzene rings is 1. The van der Waals surface area contributed by atoms with Crippen molar-refractivity contribution in [3.05, 3.63) is 51.4 Å². The van der Waals surface area contributed by atoms with E-state index in [-0.39, 0.29) is 23.4 Å². The zero-order chi connectivity index (χ0) is 17.3. The molecule has 0 aliphatic rings. The molecule has 0 aliphatic carbocycles. The van der Waals surface area contributed by atoms with Crippen LogP contribution < -0.4 is 10.3 Å². The Bertz CT molecular complexity index is 963. The van der Waals surface area contributed by atoms with Crippen molar-refractivity contribution in [1.29, 1.82) is 0 Å². The number of carbonyl (C=O) groups is 1. The molecule has 1 aromatic carbocycles. The number of rotatable bonds is 4. The molecule has 0 spiro atoms. The Morgan fingerprint density at radius 3 is 2.96 bits per heavy atom. The molecule has 0 atom stereocenters. The average Bonchev–Trinajstić information content (AvgIpc) is 3.03. The van der Waals surface area contributed by atoms with Crippen molar-refractivity contribution in [3.8, 4) is 11.5 Å². The Labute approximate surface area is 141 Å². The third-order valence-electron chi connectivity index (χ3n) is 3.53. The van der Waals surface area contributed by atoms with Crippen molar-refractivity contribution in [1.82, 2.24) is 14.9 Å². The summed E-state index contributed by atoms with van der Waals surface area (Å²) in [6, 6.07) is 6.19. The fourth-order valence-corrected chi connectivity index (χ4v) is 3.04. The minimum absolute atomic E-state index is 0.108. The summed E-state index contributed by atoms with van der Waals surface area (Å²) in [7, 11) is 3.05. The van der Waals surface area contributed by atoms with Gasteiger partial charge in [-0.1, -0.05) is 0 Å². The number of nitrogens with one attached hydrogen (secondary N) is 1. The molecule has 0 saturated carbocycles. The summed E-state index contributed by atoms with van der Waals surface area (Å²) in [5, 5.41) is 11.7. The summed E-state index contributed by atoms with van der Waals surface area (Å²) in [6.45, 7) is 0.108. The van der Waals surface area contributed by atoms with Gasteiger partial charge >= 0.3 is 0 Å². The van der Waals surface area contributed by atoms with Crippen molar-refractivity contribution < 1.29 is 14.6 Å². The van der Waals surface area contributed by atoms with Crippen molar-refractivity contribution in [2.45, 2.75) is 6.54 Å². The first-order valence-corrected chi connectivity index (χ1v) is 7.96. The van der Waals surface area contributed by atoms with Crippen LogP contribution in [-0.2, 0) is 6.54 Å². The van der Waals surface area contributed by atoms with Gasteiger partial charge in [-0.15, -0.1) is 11.3 Å². The van der Waals surface area contributed by atoms with Crippen LogP contribution in [0, 0.1) is 0 Å². The number of fused-ring (bicyclic) bond motifs is 1. The summed E-state index contributed by atoms with van der Waals surface area (Å²) >= 11 is 1.32. The van der Waals surface area contributed by atoms with Crippen LogP contribution in [-0.4, -0.2) is 40.0 Å². The number of aromatic nitrogens is 2. The first-order chi connectivity index (χ1) is 11.5. The highest BCUT2D eigenvalue weighted by Crippen LogP contribution is 2.24. The lowest BCUT2D eigenvalue weighted by Gasteiger charge is -2.17. The third-order valence-corrected chi connectivity index (χ3v) is 4.43. The van der Waals surface area contributed by atoms with E-state index in [0.717, 1.165) is 0 Å². The summed E-state index contributed by atoms with van der Waals surface area (Å²) in [6.07, 6.45) is 0.